The van der Waals surface area contributed by atoms with E-state index in [0.717, 1.165) is 77.0 Å². The van der Waals surface area contributed by atoms with Gasteiger partial charge in [-0.1, -0.05) is 189 Å². The van der Waals surface area contributed by atoms with Gasteiger partial charge < -0.3 is 14.2 Å². The quantitative estimate of drug-likeness (QED) is 0.0264. The number of unbranched alkanes of at least 4 members (excludes halogenated alkanes) is 16. The van der Waals surface area contributed by atoms with Gasteiger partial charge in [0.25, 0.3) is 0 Å². The van der Waals surface area contributed by atoms with Gasteiger partial charge in [-0.25, -0.2) is 0 Å². The lowest BCUT2D eigenvalue weighted by Gasteiger charge is -2.18. The van der Waals surface area contributed by atoms with Crippen LogP contribution in [0.4, 0.5) is 0 Å². The maximum atomic E-state index is 12.7. The SMILES string of the molecule is CC/C=C\C/C=C\C/C=C\CC(=O)OCC(COC(=O)CCC/C=C\C/C=C\C/C=C\C/C=C\CCCCC)OC(=O)CCCCCCC/C=C\CCCCCCCCC. The smallest absolute Gasteiger partial charge is 0.309 e. The molecule has 0 amide bonds. The number of carbonyl (C=O) groups is 3. The van der Waals surface area contributed by atoms with Crippen LogP contribution < -0.4 is 0 Å². The zero-order valence-electron chi connectivity index (χ0n) is 38.7. The van der Waals surface area contributed by atoms with Gasteiger partial charge in [0, 0.05) is 12.8 Å². The van der Waals surface area contributed by atoms with Gasteiger partial charge in [0.05, 0.1) is 6.42 Å². The number of carbonyl (C=O) groups excluding carboxylic acids is 3. The molecular weight excluding hydrogens is 745 g/mol. The summed E-state index contributed by atoms with van der Waals surface area (Å²) < 4.78 is 16.6. The van der Waals surface area contributed by atoms with Crippen LogP contribution in [-0.4, -0.2) is 37.2 Å². The Labute approximate surface area is 368 Å². The Balaban J connectivity index is 4.51. The molecule has 0 rings (SSSR count). The van der Waals surface area contributed by atoms with Crippen molar-refractivity contribution in [3.63, 3.8) is 0 Å². The molecule has 0 aliphatic heterocycles. The normalized spacial score (nSPS) is 12.9. The molecule has 0 saturated carbocycles. The molecule has 0 aromatic rings. The van der Waals surface area contributed by atoms with Crippen molar-refractivity contribution in [2.45, 2.75) is 213 Å². The minimum atomic E-state index is -0.838. The van der Waals surface area contributed by atoms with Crippen LogP contribution in [0.25, 0.3) is 0 Å². The largest absolute Gasteiger partial charge is 0.462 e. The Morgan fingerprint density at radius 2 is 0.733 bits per heavy atom. The van der Waals surface area contributed by atoms with E-state index in [-0.39, 0.29) is 44.4 Å². The number of hydrogen-bond acceptors (Lipinski definition) is 6. The molecule has 0 radical (unpaired) electrons. The van der Waals surface area contributed by atoms with Crippen LogP contribution >= 0.6 is 0 Å². The summed E-state index contributed by atoms with van der Waals surface area (Å²) in [5, 5.41) is 0. The Hall–Kier alpha value is -3.67. The fraction of sp³-hybridized carbons (Fsp3) is 0.648. The second-order valence-corrected chi connectivity index (χ2v) is 15.6. The van der Waals surface area contributed by atoms with E-state index in [1.165, 1.54) is 83.5 Å². The van der Waals surface area contributed by atoms with Crippen LogP contribution in [0.1, 0.15) is 207 Å². The molecule has 0 saturated heterocycles. The van der Waals surface area contributed by atoms with Crippen LogP contribution in [0.15, 0.2) is 97.2 Å². The first-order valence-corrected chi connectivity index (χ1v) is 24.2. The van der Waals surface area contributed by atoms with E-state index in [1.807, 2.05) is 6.08 Å². The summed E-state index contributed by atoms with van der Waals surface area (Å²) in [6.07, 6.45) is 62.9. The molecule has 340 valence electrons. The lowest BCUT2D eigenvalue weighted by atomic mass is 10.1. The molecule has 0 aromatic heterocycles. The molecule has 0 aliphatic rings. The van der Waals surface area contributed by atoms with Crippen molar-refractivity contribution >= 4 is 17.9 Å². The first kappa shape index (κ1) is 56.3. The van der Waals surface area contributed by atoms with Gasteiger partial charge in [-0.3, -0.25) is 14.4 Å². The van der Waals surface area contributed by atoms with Crippen LogP contribution in [0.5, 0.6) is 0 Å². The molecule has 1 unspecified atom stereocenters. The Kier molecular flexibility index (Phi) is 45.1. The van der Waals surface area contributed by atoms with Gasteiger partial charge in [0.15, 0.2) is 6.10 Å². The second-order valence-electron chi connectivity index (χ2n) is 15.6. The fourth-order valence-corrected chi connectivity index (χ4v) is 6.19. The molecule has 60 heavy (non-hydrogen) atoms. The fourth-order valence-electron chi connectivity index (χ4n) is 6.19. The average Bonchev–Trinajstić information content (AvgIpc) is 3.24. The maximum Gasteiger partial charge on any atom is 0.309 e. The lowest BCUT2D eigenvalue weighted by molar-refractivity contribution is -0.166. The van der Waals surface area contributed by atoms with Gasteiger partial charge in [-0.05, 0) is 96.3 Å². The highest BCUT2D eigenvalue weighted by atomic mass is 16.6. The molecule has 0 heterocycles. The summed E-state index contributed by atoms with van der Waals surface area (Å²) in [6, 6.07) is 0. The van der Waals surface area contributed by atoms with E-state index >= 15 is 0 Å². The molecule has 1 atom stereocenters. The molecule has 0 fully saturated rings. The zero-order chi connectivity index (χ0) is 43.7. The van der Waals surface area contributed by atoms with Crippen molar-refractivity contribution < 1.29 is 28.6 Å². The Morgan fingerprint density at radius 1 is 0.367 bits per heavy atom. The minimum absolute atomic E-state index is 0.122. The van der Waals surface area contributed by atoms with E-state index in [4.69, 9.17) is 14.2 Å². The summed E-state index contributed by atoms with van der Waals surface area (Å²) in [6.45, 7) is 6.32. The third-order valence-electron chi connectivity index (χ3n) is 9.82. The van der Waals surface area contributed by atoms with Crippen molar-refractivity contribution in [1.82, 2.24) is 0 Å². The van der Waals surface area contributed by atoms with Crippen LogP contribution in [-0.2, 0) is 28.6 Å². The van der Waals surface area contributed by atoms with Crippen LogP contribution in [0.2, 0.25) is 0 Å². The van der Waals surface area contributed by atoms with Gasteiger partial charge in [0.1, 0.15) is 13.2 Å². The molecule has 0 aliphatic carbocycles. The van der Waals surface area contributed by atoms with Crippen molar-refractivity contribution in [2.24, 2.45) is 0 Å². The number of esters is 3. The topological polar surface area (TPSA) is 78.9 Å². The molecule has 0 N–H and O–H groups in total. The van der Waals surface area contributed by atoms with Crippen LogP contribution in [0, 0.1) is 0 Å². The summed E-state index contributed by atoms with van der Waals surface area (Å²) in [5.41, 5.74) is 0. The predicted octanol–water partition coefficient (Wildman–Crippen LogP) is 15.8. The first-order valence-electron chi connectivity index (χ1n) is 24.2. The molecule has 6 heteroatoms. The van der Waals surface area contributed by atoms with E-state index in [2.05, 4.69) is 106 Å². The number of rotatable bonds is 42. The van der Waals surface area contributed by atoms with Crippen molar-refractivity contribution in [3.8, 4) is 0 Å². The monoisotopic (exact) mass is 833 g/mol. The van der Waals surface area contributed by atoms with E-state index < -0.39 is 12.1 Å². The van der Waals surface area contributed by atoms with Gasteiger partial charge in [0.2, 0.25) is 0 Å². The van der Waals surface area contributed by atoms with Gasteiger partial charge >= 0.3 is 17.9 Å². The van der Waals surface area contributed by atoms with Gasteiger partial charge in [-0.2, -0.15) is 0 Å². The van der Waals surface area contributed by atoms with Crippen molar-refractivity contribution in [3.05, 3.63) is 97.2 Å². The molecule has 0 bridgehead atoms. The van der Waals surface area contributed by atoms with E-state index in [9.17, 15) is 14.4 Å². The average molecular weight is 833 g/mol. The molecule has 0 spiro atoms. The van der Waals surface area contributed by atoms with Crippen molar-refractivity contribution in [2.75, 3.05) is 13.2 Å². The van der Waals surface area contributed by atoms with E-state index in [1.54, 1.807) is 6.08 Å². The summed E-state index contributed by atoms with van der Waals surface area (Å²) in [5.74, 6) is -1.13. The van der Waals surface area contributed by atoms with E-state index in [0.29, 0.717) is 6.42 Å². The van der Waals surface area contributed by atoms with Crippen molar-refractivity contribution in [1.29, 1.82) is 0 Å². The summed E-state index contributed by atoms with van der Waals surface area (Å²) in [4.78, 5) is 37.7. The van der Waals surface area contributed by atoms with Gasteiger partial charge in [-0.15, -0.1) is 0 Å². The zero-order valence-corrected chi connectivity index (χ0v) is 38.7. The highest BCUT2D eigenvalue weighted by Crippen LogP contribution is 2.12. The highest BCUT2D eigenvalue weighted by Gasteiger charge is 2.19. The minimum Gasteiger partial charge on any atom is -0.462 e. The summed E-state index contributed by atoms with van der Waals surface area (Å²) in [7, 11) is 0. The predicted molar refractivity (Wildman–Crippen MR) is 256 cm³/mol. The first-order chi connectivity index (χ1) is 29.5. The number of ether oxygens (including phenoxy) is 3. The molecule has 6 nitrogen and oxygen atoms in total. The molecular formula is C54H88O6. The number of allylic oxidation sites excluding steroid dienone is 15. The van der Waals surface area contributed by atoms with Crippen LogP contribution in [0.3, 0.4) is 0 Å². The molecule has 0 aromatic carbocycles. The third kappa shape index (κ3) is 45.4. The summed E-state index contributed by atoms with van der Waals surface area (Å²) >= 11 is 0. The maximum absolute atomic E-state index is 12.7. The number of hydrogen-bond donors (Lipinski definition) is 0. The second kappa shape index (κ2) is 48.0. The Bertz CT molecular complexity index is 1230. The lowest BCUT2D eigenvalue weighted by Crippen LogP contribution is -2.30. The standard InChI is InChI=1S/C54H88O6/c1-4-7-10-13-16-19-21-23-25-27-29-30-32-35-38-41-44-47-53(56)59-50-51(49-58-52(55)46-43-40-37-34-18-15-12-9-6-3)60-54(57)48-45-42-39-36-33-31-28-26-24-22-20-17-14-11-8-5-2/h9,12,16,18-19,23,25-26,28-30,34-35,38,40,43,51H,4-8,10-11,13-15,17,20-22,24,27,31-33,36-37,39,41-42,44-50H2,1-3H3/b12-9-,19-16-,25-23-,28-26-,30-29-,34-18-,38-35-,43-40-. The third-order valence-corrected chi connectivity index (χ3v) is 9.82. The highest BCUT2D eigenvalue weighted by molar-refractivity contribution is 5.72. The Morgan fingerprint density at radius 3 is 1.27 bits per heavy atom.